The number of halogens is 2. The zero-order valence-corrected chi connectivity index (χ0v) is 13.9. The Labute approximate surface area is 127 Å². The molecule has 0 radical (unpaired) electrons. The van der Waals surface area contributed by atoms with Crippen LogP contribution in [0.3, 0.4) is 0 Å². The van der Waals surface area contributed by atoms with Gasteiger partial charge in [0.1, 0.15) is 0 Å². The number of nitrogens with zero attached hydrogens (tertiary/aromatic N) is 1. The number of hydrogen-bond acceptors (Lipinski definition) is 3. The average molecular weight is 371 g/mol. The summed E-state index contributed by atoms with van der Waals surface area (Å²) in [6.07, 6.45) is 0.741. The summed E-state index contributed by atoms with van der Waals surface area (Å²) in [4.78, 5) is 0. The Kier molecular flexibility index (Phi) is 6.55. The highest BCUT2D eigenvalue weighted by atomic mass is 79.9. The molecule has 0 aromatic heterocycles. The third kappa shape index (κ3) is 5.27. The minimum Gasteiger partial charge on any atom is -0.320 e. The van der Waals surface area contributed by atoms with Crippen molar-refractivity contribution in [3.63, 3.8) is 0 Å². The van der Waals surface area contributed by atoms with Gasteiger partial charge in [0, 0.05) is 23.1 Å². The second-order valence-corrected chi connectivity index (χ2v) is 7.08. The molecule has 0 amide bonds. The maximum Gasteiger partial charge on any atom is 0.301 e. The summed E-state index contributed by atoms with van der Waals surface area (Å²) < 4.78 is 28.6. The van der Waals surface area contributed by atoms with Crippen LogP contribution in [-0.4, -0.2) is 39.9 Å². The molecule has 0 unspecified atom stereocenters. The number of anilines is 1. The van der Waals surface area contributed by atoms with Crippen molar-refractivity contribution in [1.82, 2.24) is 9.62 Å². The largest absolute Gasteiger partial charge is 0.320 e. The molecule has 0 aliphatic rings. The monoisotopic (exact) mass is 369 g/mol. The Balaban J connectivity index is 2.75. The lowest BCUT2D eigenvalue weighted by Crippen LogP contribution is -2.34. The maximum atomic E-state index is 12.1. The Morgan fingerprint density at radius 2 is 2.11 bits per heavy atom. The van der Waals surface area contributed by atoms with Crippen LogP contribution in [0.2, 0.25) is 5.02 Å². The van der Waals surface area contributed by atoms with E-state index in [4.69, 9.17) is 11.6 Å². The second-order valence-electron chi connectivity index (χ2n) is 4.01. The van der Waals surface area contributed by atoms with Crippen molar-refractivity contribution in [2.45, 2.75) is 6.42 Å². The molecule has 0 fully saturated rings. The molecular weight excluding hydrogens is 354 g/mol. The summed E-state index contributed by atoms with van der Waals surface area (Å²) in [5.41, 5.74) is 0.424. The summed E-state index contributed by atoms with van der Waals surface area (Å²) in [7, 11) is -0.199. The molecule has 0 heterocycles. The highest BCUT2D eigenvalue weighted by Crippen LogP contribution is 2.27. The molecule has 1 aromatic carbocycles. The van der Waals surface area contributed by atoms with Gasteiger partial charge in [-0.25, -0.2) is 0 Å². The van der Waals surface area contributed by atoms with Crippen molar-refractivity contribution in [2.24, 2.45) is 0 Å². The second kappa shape index (κ2) is 7.44. The first-order valence-corrected chi connectivity index (χ1v) is 8.31. The van der Waals surface area contributed by atoms with Crippen molar-refractivity contribution >= 4 is 43.4 Å². The van der Waals surface area contributed by atoms with E-state index in [1.807, 2.05) is 7.05 Å². The van der Waals surface area contributed by atoms with Crippen molar-refractivity contribution < 1.29 is 8.42 Å². The van der Waals surface area contributed by atoms with Crippen molar-refractivity contribution in [1.29, 1.82) is 0 Å². The first-order chi connectivity index (χ1) is 8.86. The summed E-state index contributed by atoms with van der Waals surface area (Å²) in [5.74, 6) is 0. The lowest BCUT2D eigenvalue weighted by atomic mass is 10.3. The van der Waals surface area contributed by atoms with Crippen molar-refractivity contribution in [2.75, 3.05) is 31.9 Å². The quantitative estimate of drug-likeness (QED) is 0.724. The SMILES string of the molecule is CNCCCN(C)S(=O)(=O)Nc1cc(Cl)ccc1Br. The van der Waals surface area contributed by atoms with Crippen LogP contribution in [0.5, 0.6) is 0 Å². The van der Waals surface area contributed by atoms with E-state index in [-0.39, 0.29) is 0 Å². The van der Waals surface area contributed by atoms with Gasteiger partial charge in [0.05, 0.1) is 5.69 Å². The summed E-state index contributed by atoms with van der Waals surface area (Å²) in [6.45, 7) is 1.20. The number of hydrogen-bond donors (Lipinski definition) is 2. The highest BCUT2D eigenvalue weighted by molar-refractivity contribution is 9.10. The molecule has 0 aliphatic carbocycles. The topological polar surface area (TPSA) is 61.4 Å². The lowest BCUT2D eigenvalue weighted by molar-refractivity contribution is 0.462. The molecule has 0 atom stereocenters. The van der Waals surface area contributed by atoms with E-state index in [1.165, 1.54) is 11.4 Å². The van der Waals surface area contributed by atoms with Gasteiger partial charge < -0.3 is 5.32 Å². The zero-order chi connectivity index (χ0) is 14.5. The molecule has 0 saturated heterocycles. The van der Waals surface area contributed by atoms with E-state index >= 15 is 0 Å². The van der Waals surface area contributed by atoms with E-state index in [2.05, 4.69) is 26.0 Å². The van der Waals surface area contributed by atoms with Crippen LogP contribution in [0.4, 0.5) is 5.69 Å². The van der Waals surface area contributed by atoms with Crippen LogP contribution in [-0.2, 0) is 10.2 Å². The van der Waals surface area contributed by atoms with Gasteiger partial charge in [0.15, 0.2) is 0 Å². The number of benzene rings is 1. The standard InChI is InChI=1S/C11H17BrClN3O2S/c1-14-6-3-7-16(2)19(17,18)15-11-8-9(13)4-5-10(11)12/h4-5,8,14-15H,3,6-7H2,1-2H3. The Morgan fingerprint density at radius 3 is 2.74 bits per heavy atom. The minimum atomic E-state index is -3.57. The van der Waals surface area contributed by atoms with E-state index in [9.17, 15) is 8.42 Å². The molecule has 1 rings (SSSR count). The van der Waals surface area contributed by atoms with E-state index < -0.39 is 10.2 Å². The summed E-state index contributed by atoms with van der Waals surface area (Å²) in [5, 5.41) is 3.44. The Bertz CT molecular complexity index is 525. The smallest absolute Gasteiger partial charge is 0.301 e. The van der Waals surface area contributed by atoms with Gasteiger partial charge >= 0.3 is 10.2 Å². The minimum absolute atomic E-state index is 0.424. The van der Waals surface area contributed by atoms with Crippen molar-refractivity contribution in [3.05, 3.63) is 27.7 Å². The molecule has 0 saturated carbocycles. The fourth-order valence-electron chi connectivity index (χ4n) is 1.39. The first kappa shape index (κ1) is 16.7. The first-order valence-electron chi connectivity index (χ1n) is 5.70. The van der Waals surface area contributed by atoms with Gasteiger partial charge in [-0.1, -0.05) is 11.6 Å². The summed E-state index contributed by atoms with van der Waals surface area (Å²) >= 11 is 9.13. The molecule has 2 N–H and O–H groups in total. The molecule has 1 aromatic rings. The lowest BCUT2D eigenvalue weighted by Gasteiger charge is -2.19. The highest BCUT2D eigenvalue weighted by Gasteiger charge is 2.18. The van der Waals surface area contributed by atoms with Gasteiger partial charge in [-0.2, -0.15) is 12.7 Å². The van der Waals surface area contributed by atoms with Gasteiger partial charge in [0.2, 0.25) is 0 Å². The van der Waals surface area contributed by atoms with Crippen molar-refractivity contribution in [3.8, 4) is 0 Å². The molecule has 108 valence electrons. The van der Waals surface area contributed by atoms with Crippen LogP contribution in [0.1, 0.15) is 6.42 Å². The van der Waals surface area contributed by atoms with Gasteiger partial charge in [-0.15, -0.1) is 0 Å². The van der Waals surface area contributed by atoms with Crippen LogP contribution in [0, 0.1) is 0 Å². The van der Waals surface area contributed by atoms with E-state index in [1.54, 1.807) is 18.2 Å². The summed E-state index contributed by atoms with van der Waals surface area (Å²) in [6, 6.07) is 4.94. The fraction of sp³-hybridized carbons (Fsp3) is 0.455. The molecule has 0 spiro atoms. The molecule has 0 aliphatic heterocycles. The van der Waals surface area contributed by atoms with Gasteiger partial charge in [-0.3, -0.25) is 4.72 Å². The van der Waals surface area contributed by atoms with Gasteiger partial charge in [0.25, 0.3) is 0 Å². The number of rotatable bonds is 7. The van der Waals surface area contributed by atoms with Crippen LogP contribution in [0.15, 0.2) is 22.7 Å². The van der Waals surface area contributed by atoms with E-state index in [0.717, 1.165) is 13.0 Å². The van der Waals surface area contributed by atoms with E-state index in [0.29, 0.717) is 21.7 Å². The number of nitrogens with one attached hydrogen (secondary N) is 2. The average Bonchev–Trinajstić information content (AvgIpc) is 2.33. The normalized spacial score (nSPS) is 11.8. The van der Waals surface area contributed by atoms with Crippen LogP contribution >= 0.6 is 27.5 Å². The molecule has 19 heavy (non-hydrogen) atoms. The Morgan fingerprint density at radius 1 is 1.42 bits per heavy atom. The third-order valence-electron chi connectivity index (χ3n) is 2.48. The molecule has 5 nitrogen and oxygen atoms in total. The third-order valence-corrected chi connectivity index (χ3v) is 4.89. The molecule has 0 bridgehead atoms. The predicted octanol–water partition coefficient (Wildman–Crippen LogP) is 2.30. The molecule has 8 heteroatoms. The maximum absolute atomic E-state index is 12.1. The predicted molar refractivity (Wildman–Crippen MR) is 82.9 cm³/mol. The van der Waals surface area contributed by atoms with Crippen LogP contribution < -0.4 is 10.0 Å². The van der Waals surface area contributed by atoms with Gasteiger partial charge in [-0.05, 0) is 54.1 Å². The zero-order valence-electron chi connectivity index (χ0n) is 10.8. The molecular formula is C11H17BrClN3O2S. The Hall–Kier alpha value is -0.340. The van der Waals surface area contributed by atoms with Crippen LogP contribution in [0.25, 0.3) is 0 Å². The fourth-order valence-corrected chi connectivity index (χ4v) is 3.01.